The number of rotatable bonds is 4. The van der Waals surface area contributed by atoms with Crippen LogP contribution in [-0.4, -0.2) is 0 Å². The van der Waals surface area contributed by atoms with Crippen LogP contribution in [-0.2, 0) is 25.8 Å². The molecule has 0 nitrogen and oxygen atoms in total. The molecule has 0 spiro atoms. The van der Waals surface area contributed by atoms with Crippen molar-refractivity contribution in [2.24, 2.45) is 5.92 Å². The van der Waals surface area contributed by atoms with Crippen molar-refractivity contribution in [1.82, 2.24) is 0 Å². The van der Waals surface area contributed by atoms with Gasteiger partial charge in [0.05, 0.1) is 0 Å². The van der Waals surface area contributed by atoms with Crippen LogP contribution < -0.4 is 35.3 Å². The van der Waals surface area contributed by atoms with E-state index in [-0.39, 0.29) is 50.7 Å². The minimum Gasteiger partial charge on any atom is -1.00 e. The second-order valence-corrected chi connectivity index (χ2v) is 9.62. The van der Waals surface area contributed by atoms with Gasteiger partial charge in [0.15, 0.2) is 0 Å². The van der Waals surface area contributed by atoms with E-state index in [1.165, 1.54) is 43.8 Å². The summed E-state index contributed by atoms with van der Waals surface area (Å²) in [6, 6.07) is 38.3. The fourth-order valence-corrected chi connectivity index (χ4v) is 6.52. The molecule has 0 aromatic heterocycles. The van der Waals surface area contributed by atoms with Gasteiger partial charge in [0, 0.05) is 11.8 Å². The molecular formula is C34H26Cl2Hf. The molecule has 0 bridgehead atoms. The van der Waals surface area contributed by atoms with E-state index in [4.69, 9.17) is 0 Å². The van der Waals surface area contributed by atoms with Gasteiger partial charge in [-0.15, -0.1) is 0 Å². The fraction of sp³-hybridized carbons (Fsp3) is 0.118. The van der Waals surface area contributed by atoms with Crippen LogP contribution in [0.3, 0.4) is 0 Å². The molecule has 0 N–H and O–H groups in total. The van der Waals surface area contributed by atoms with Gasteiger partial charge >= 0.3 is 25.8 Å². The Labute approximate surface area is 250 Å². The summed E-state index contributed by atoms with van der Waals surface area (Å²) in [5.74, 6) is 1.09. The molecule has 0 heterocycles. The predicted octanol–water partition coefficient (Wildman–Crippen LogP) is 0.736. The number of hydrogen-bond donors (Lipinski definition) is 0. The maximum Gasteiger partial charge on any atom is 2.00 e. The molecule has 0 fully saturated rings. The van der Waals surface area contributed by atoms with Gasteiger partial charge in [0.2, 0.25) is 0 Å². The first-order valence-corrected chi connectivity index (χ1v) is 12.3. The quantitative estimate of drug-likeness (QED) is 0.279. The van der Waals surface area contributed by atoms with Gasteiger partial charge in [0.1, 0.15) is 0 Å². The second-order valence-electron chi connectivity index (χ2n) is 9.62. The standard InChI is InChI=1S/C34H26.2ClH.Hf/c1-2-12-23(13-3-1)32(34-30-20-10-8-16-26(30)27-17-9-11-21-31(27)34)22-33-28-18-6-4-14-24(28)25-15-5-7-19-29(25)33;;;/h1-21,28,32,34H,22H2;2*1H;/q;;;+2/p-2. The van der Waals surface area contributed by atoms with E-state index < -0.39 is 0 Å². The van der Waals surface area contributed by atoms with Crippen LogP contribution in [0.4, 0.5) is 0 Å². The molecule has 4 aromatic rings. The Morgan fingerprint density at radius 2 is 1.16 bits per heavy atom. The van der Waals surface area contributed by atoms with Gasteiger partial charge in [0.25, 0.3) is 0 Å². The van der Waals surface area contributed by atoms with E-state index >= 15 is 0 Å². The normalized spacial score (nSPS) is 16.9. The molecule has 0 saturated carbocycles. The Bertz CT molecular complexity index is 1550. The predicted molar refractivity (Wildman–Crippen MR) is 142 cm³/mol. The topological polar surface area (TPSA) is 0 Å². The Hall–Kier alpha value is -2.45. The van der Waals surface area contributed by atoms with Crippen molar-refractivity contribution in [3.63, 3.8) is 0 Å². The van der Waals surface area contributed by atoms with E-state index in [1.807, 2.05) is 0 Å². The summed E-state index contributed by atoms with van der Waals surface area (Å²) in [4.78, 5) is 0. The minimum atomic E-state index is 0. The molecule has 3 aliphatic rings. The Morgan fingerprint density at radius 3 is 1.84 bits per heavy atom. The van der Waals surface area contributed by atoms with E-state index in [2.05, 4.69) is 127 Å². The summed E-state index contributed by atoms with van der Waals surface area (Å²) in [6.07, 6.45) is 10.2. The maximum absolute atomic E-state index is 2.39. The molecule has 0 aliphatic heterocycles. The third-order valence-electron chi connectivity index (χ3n) is 7.94. The molecule has 3 aliphatic carbocycles. The third-order valence-corrected chi connectivity index (χ3v) is 7.94. The zero-order valence-corrected chi connectivity index (χ0v) is 25.4. The van der Waals surface area contributed by atoms with Crippen molar-refractivity contribution in [2.45, 2.75) is 18.3 Å². The van der Waals surface area contributed by atoms with Gasteiger partial charge in [-0.05, 0) is 56.2 Å². The number of hydrogen-bond acceptors (Lipinski definition) is 0. The largest absolute Gasteiger partial charge is 2.00 e. The van der Waals surface area contributed by atoms with E-state index in [0.717, 1.165) is 6.42 Å². The van der Waals surface area contributed by atoms with Crippen molar-refractivity contribution < 1.29 is 50.7 Å². The van der Waals surface area contributed by atoms with Crippen LogP contribution >= 0.6 is 0 Å². The van der Waals surface area contributed by atoms with Crippen molar-refractivity contribution in [1.29, 1.82) is 0 Å². The average molecular weight is 684 g/mol. The van der Waals surface area contributed by atoms with Gasteiger partial charge in [-0.2, -0.15) is 0 Å². The van der Waals surface area contributed by atoms with Gasteiger partial charge in [-0.3, -0.25) is 0 Å². The molecule has 7 rings (SSSR count). The summed E-state index contributed by atoms with van der Waals surface area (Å²) in [5.41, 5.74) is 10.2. The molecule has 4 aromatic carbocycles. The van der Waals surface area contributed by atoms with Crippen LogP contribution in [0.2, 0.25) is 0 Å². The average Bonchev–Trinajstić information content (AvgIpc) is 3.41. The molecule has 0 saturated heterocycles. The fourth-order valence-electron chi connectivity index (χ4n) is 6.52. The first kappa shape index (κ1) is 27.6. The number of halogens is 2. The number of fused-ring (bicyclic) bond motifs is 5. The molecule has 0 amide bonds. The summed E-state index contributed by atoms with van der Waals surface area (Å²) < 4.78 is 0. The molecule has 0 radical (unpaired) electrons. The molecule has 37 heavy (non-hydrogen) atoms. The zero-order chi connectivity index (χ0) is 22.5. The summed E-state index contributed by atoms with van der Waals surface area (Å²) in [6.45, 7) is 0. The summed E-state index contributed by atoms with van der Waals surface area (Å²) in [7, 11) is 0. The Morgan fingerprint density at radius 1 is 0.595 bits per heavy atom. The molecule has 2 unspecified atom stereocenters. The van der Waals surface area contributed by atoms with Crippen molar-refractivity contribution in [2.75, 3.05) is 0 Å². The van der Waals surface area contributed by atoms with E-state index in [1.54, 1.807) is 5.57 Å². The minimum absolute atomic E-state index is 0. The monoisotopic (exact) mass is 684 g/mol. The van der Waals surface area contributed by atoms with Gasteiger partial charge < -0.3 is 24.8 Å². The van der Waals surface area contributed by atoms with E-state index in [0.29, 0.717) is 17.8 Å². The van der Waals surface area contributed by atoms with Crippen LogP contribution in [0, 0.1) is 5.92 Å². The summed E-state index contributed by atoms with van der Waals surface area (Å²) >= 11 is 0. The molecule has 180 valence electrons. The number of allylic oxidation sites excluding steroid dienone is 4. The smallest absolute Gasteiger partial charge is 1.00 e. The van der Waals surface area contributed by atoms with Gasteiger partial charge in [-0.1, -0.05) is 133 Å². The number of benzene rings is 4. The van der Waals surface area contributed by atoms with Gasteiger partial charge in [-0.25, -0.2) is 0 Å². The molecule has 2 atom stereocenters. The molecule has 3 heteroatoms. The van der Waals surface area contributed by atoms with Crippen LogP contribution in [0.15, 0.2) is 127 Å². The zero-order valence-electron chi connectivity index (χ0n) is 20.3. The Kier molecular flexibility index (Phi) is 8.59. The van der Waals surface area contributed by atoms with E-state index in [9.17, 15) is 0 Å². The SMILES string of the molecule is C1=CC2=c3ccccc3=C(CC(c3ccccc3)C3c4ccccc4-c4ccccc43)C2C=C1.[Cl-].[Cl-].[Hf+2]. The first-order chi connectivity index (χ1) is 16.9. The molecular weight excluding hydrogens is 658 g/mol. The van der Waals surface area contributed by atoms with Crippen molar-refractivity contribution in [3.05, 3.63) is 155 Å². The Balaban J connectivity index is 0.00000107. The first-order valence-electron chi connectivity index (χ1n) is 12.3. The third kappa shape index (κ3) is 4.56. The van der Waals surface area contributed by atoms with Crippen LogP contribution in [0.25, 0.3) is 22.3 Å². The van der Waals surface area contributed by atoms with Crippen molar-refractivity contribution >= 4 is 11.1 Å². The van der Waals surface area contributed by atoms with Crippen LogP contribution in [0.1, 0.15) is 34.9 Å². The second kappa shape index (κ2) is 11.5. The summed E-state index contributed by atoms with van der Waals surface area (Å²) in [5, 5.41) is 2.83. The maximum atomic E-state index is 2.39. The van der Waals surface area contributed by atoms with Crippen LogP contribution in [0.5, 0.6) is 0 Å². The van der Waals surface area contributed by atoms with Crippen molar-refractivity contribution in [3.8, 4) is 11.1 Å².